The second kappa shape index (κ2) is 6.74. The average Bonchev–Trinajstić information content (AvgIpc) is 2.92. The fourth-order valence-corrected chi connectivity index (χ4v) is 3.36. The molecular weight excluding hydrogens is 276 g/mol. The van der Waals surface area contributed by atoms with Gasteiger partial charge in [0.25, 0.3) is 0 Å². The van der Waals surface area contributed by atoms with Crippen LogP contribution in [0.5, 0.6) is 0 Å². The van der Waals surface area contributed by atoms with Crippen molar-refractivity contribution < 1.29 is 14.3 Å². The number of piperidine rings is 1. The van der Waals surface area contributed by atoms with Crippen LogP contribution in [0.25, 0.3) is 0 Å². The third-order valence-corrected chi connectivity index (χ3v) is 4.47. The molecule has 0 saturated carbocycles. The Morgan fingerprint density at radius 3 is 2.90 bits per heavy atom. The summed E-state index contributed by atoms with van der Waals surface area (Å²) in [6.07, 6.45) is 0.427. The summed E-state index contributed by atoms with van der Waals surface area (Å²) in [5, 5.41) is 4.88. The van der Waals surface area contributed by atoms with Crippen LogP contribution in [-0.4, -0.2) is 42.6 Å². The molecule has 110 valence electrons. The summed E-state index contributed by atoms with van der Waals surface area (Å²) >= 11 is 1.69. The lowest BCUT2D eigenvalue weighted by Gasteiger charge is -2.37. The summed E-state index contributed by atoms with van der Waals surface area (Å²) in [5.41, 5.74) is 0. The number of carbonyl (C=O) groups excluding carboxylic acids is 2. The van der Waals surface area contributed by atoms with E-state index in [1.165, 1.54) is 4.88 Å². The van der Waals surface area contributed by atoms with E-state index in [1.54, 1.807) is 30.1 Å². The van der Waals surface area contributed by atoms with Crippen molar-refractivity contribution in [3.63, 3.8) is 0 Å². The predicted molar refractivity (Wildman–Crippen MR) is 77.9 cm³/mol. The number of nitrogens with one attached hydrogen (secondary N) is 1. The zero-order chi connectivity index (χ0) is 14.5. The molecule has 1 aromatic heterocycles. The summed E-state index contributed by atoms with van der Waals surface area (Å²) < 4.78 is 4.92. The highest BCUT2D eigenvalue weighted by Crippen LogP contribution is 2.30. The molecule has 1 aliphatic rings. The molecule has 1 aromatic rings. The number of rotatable bonds is 3. The molecule has 20 heavy (non-hydrogen) atoms. The van der Waals surface area contributed by atoms with Crippen molar-refractivity contribution in [3.8, 4) is 0 Å². The Morgan fingerprint density at radius 1 is 1.50 bits per heavy atom. The molecule has 1 N–H and O–H groups in total. The lowest BCUT2D eigenvalue weighted by molar-refractivity contribution is -0.130. The highest BCUT2D eigenvalue weighted by Gasteiger charge is 2.31. The Bertz CT molecular complexity index is 461. The predicted octanol–water partition coefficient (Wildman–Crippen LogP) is 2.20. The van der Waals surface area contributed by atoms with Gasteiger partial charge < -0.3 is 15.0 Å². The van der Waals surface area contributed by atoms with E-state index in [-0.39, 0.29) is 17.9 Å². The molecule has 2 unspecified atom stereocenters. The minimum Gasteiger partial charge on any atom is -0.450 e. The standard InChI is InChI=1S/C14H20N2O3S/c1-3-19-14(18)15-12-7-11(13-5-4-6-20-13)8-16(9-12)10(2)17/h4-6,11-12H,3,7-9H2,1-2H3,(H,15,18). The summed E-state index contributed by atoms with van der Waals surface area (Å²) in [5.74, 6) is 0.321. The van der Waals surface area contributed by atoms with Gasteiger partial charge in [-0.1, -0.05) is 6.07 Å². The van der Waals surface area contributed by atoms with Gasteiger partial charge in [0, 0.05) is 30.8 Å². The molecule has 1 saturated heterocycles. The lowest BCUT2D eigenvalue weighted by atomic mass is 9.93. The highest BCUT2D eigenvalue weighted by atomic mass is 32.1. The fraction of sp³-hybridized carbons (Fsp3) is 0.571. The maximum Gasteiger partial charge on any atom is 0.407 e. The second-order valence-electron chi connectivity index (χ2n) is 4.93. The van der Waals surface area contributed by atoms with Crippen LogP contribution in [0.15, 0.2) is 17.5 Å². The van der Waals surface area contributed by atoms with Gasteiger partial charge in [-0.15, -0.1) is 11.3 Å². The smallest absolute Gasteiger partial charge is 0.407 e. The molecule has 0 spiro atoms. The number of likely N-dealkylation sites (tertiary alicyclic amines) is 1. The number of carbonyl (C=O) groups is 2. The van der Waals surface area contributed by atoms with Crippen LogP contribution in [0.1, 0.15) is 31.1 Å². The molecule has 2 amide bonds. The zero-order valence-electron chi connectivity index (χ0n) is 11.8. The van der Waals surface area contributed by atoms with Gasteiger partial charge in [0.2, 0.25) is 5.91 Å². The van der Waals surface area contributed by atoms with Gasteiger partial charge >= 0.3 is 6.09 Å². The van der Waals surface area contributed by atoms with E-state index in [9.17, 15) is 9.59 Å². The molecule has 6 heteroatoms. The molecule has 2 rings (SSSR count). The van der Waals surface area contributed by atoms with Crippen molar-refractivity contribution in [1.29, 1.82) is 0 Å². The van der Waals surface area contributed by atoms with Gasteiger partial charge in [-0.05, 0) is 24.8 Å². The molecular formula is C14H20N2O3S. The Kier molecular flexibility index (Phi) is 5.00. The number of ether oxygens (including phenoxy) is 1. The van der Waals surface area contributed by atoms with E-state index in [2.05, 4.69) is 11.4 Å². The molecule has 5 nitrogen and oxygen atoms in total. The average molecular weight is 296 g/mol. The summed E-state index contributed by atoms with van der Waals surface area (Å²) in [6, 6.07) is 4.04. The maximum absolute atomic E-state index is 11.7. The van der Waals surface area contributed by atoms with E-state index < -0.39 is 6.09 Å². The number of thiophene rings is 1. The molecule has 1 fully saturated rings. The Balaban J connectivity index is 2.04. The first kappa shape index (κ1) is 14.8. The van der Waals surface area contributed by atoms with Crippen LogP contribution >= 0.6 is 11.3 Å². The van der Waals surface area contributed by atoms with Crippen LogP contribution in [0.2, 0.25) is 0 Å². The quantitative estimate of drug-likeness (QED) is 0.930. The van der Waals surface area contributed by atoms with Gasteiger partial charge in [-0.25, -0.2) is 4.79 Å². The van der Waals surface area contributed by atoms with E-state index in [0.717, 1.165) is 13.0 Å². The SMILES string of the molecule is CCOC(=O)NC1CC(c2cccs2)CN(C(C)=O)C1. The summed E-state index contributed by atoms with van der Waals surface area (Å²) in [4.78, 5) is 26.3. The van der Waals surface area contributed by atoms with Crippen molar-refractivity contribution in [3.05, 3.63) is 22.4 Å². The molecule has 0 aliphatic carbocycles. The highest BCUT2D eigenvalue weighted by molar-refractivity contribution is 7.10. The van der Waals surface area contributed by atoms with Crippen molar-refractivity contribution in [2.75, 3.05) is 19.7 Å². The third-order valence-electron chi connectivity index (χ3n) is 3.44. The maximum atomic E-state index is 11.7. The monoisotopic (exact) mass is 296 g/mol. The zero-order valence-corrected chi connectivity index (χ0v) is 12.6. The van der Waals surface area contributed by atoms with Gasteiger partial charge in [0.1, 0.15) is 0 Å². The van der Waals surface area contributed by atoms with E-state index in [4.69, 9.17) is 4.74 Å². The Labute approximate surface area is 122 Å². The van der Waals surface area contributed by atoms with Crippen LogP contribution in [-0.2, 0) is 9.53 Å². The minimum atomic E-state index is -0.409. The van der Waals surface area contributed by atoms with Crippen LogP contribution < -0.4 is 5.32 Å². The molecule has 0 aromatic carbocycles. The van der Waals surface area contributed by atoms with E-state index in [0.29, 0.717) is 13.2 Å². The second-order valence-corrected chi connectivity index (χ2v) is 5.91. The van der Waals surface area contributed by atoms with Gasteiger partial charge in [0.05, 0.1) is 12.6 Å². The first-order valence-corrected chi connectivity index (χ1v) is 7.70. The number of amides is 2. The molecule has 0 bridgehead atoms. The van der Waals surface area contributed by atoms with Crippen molar-refractivity contribution in [2.45, 2.75) is 32.2 Å². The number of nitrogens with zero attached hydrogens (tertiary/aromatic N) is 1. The van der Waals surface area contributed by atoms with E-state index in [1.807, 2.05) is 11.4 Å². The topological polar surface area (TPSA) is 58.6 Å². The summed E-state index contributed by atoms with van der Waals surface area (Å²) in [7, 11) is 0. The normalized spacial score (nSPS) is 22.4. The van der Waals surface area contributed by atoms with Crippen molar-refractivity contribution >= 4 is 23.3 Å². The molecule has 2 atom stereocenters. The summed E-state index contributed by atoms with van der Waals surface area (Å²) in [6.45, 7) is 4.96. The largest absolute Gasteiger partial charge is 0.450 e. The Hall–Kier alpha value is -1.56. The number of hydrogen-bond acceptors (Lipinski definition) is 4. The molecule has 2 heterocycles. The van der Waals surface area contributed by atoms with Crippen LogP contribution in [0, 0.1) is 0 Å². The van der Waals surface area contributed by atoms with Crippen LogP contribution in [0.3, 0.4) is 0 Å². The lowest BCUT2D eigenvalue weighted by Crippen LogP contribution is -2.51. The van der Waals surface area contributed by atoms with Crippen LogP contribution in [0.4, 0.5) is 4.79 Å². The number of hydrogen-bond donors (Lipinski definition) is 1. The fourth-order valence-electron chi connectivity index (χ4n) is 2.53. The van der Waals surface area contributed by atoms with Gasteiger partial charge in [0.15, 0.2) is 0 Å². The van der Waals surface area contributed by atoms with Gasteiger partial charge in [-0.2, -0.15) is 0 Å². The first-order valence-electron chi connectivity index (χ1n) is 6.82. The third kappa shape index (κ3) is 3.72. The minimum absolute atomic E-state index is 0.0434. The van der Waals surface area contributed by atoms with Gasteiger partial charge in [-0.3, -0.25) is 4.79 Å². The van der Waals surface area contributed by atoms with Crippen molar-refractivity contribution in [1.82, 2.24) is 10.2 Å². The molecule has 0 radical (unpaired) electrons. The van der Waals surface area contributed by atoms with Crippen molar-refractivity contribution in [2.24, 2.45) is 0 Å². The molecule has 1 aliphatic heterocycles. The first-order chi connectivity index (χ1) is 9.60. The number of alkyl carbamates (subject to hydrolysis) is 1. The Morgan fingerprint density at radius 2 is 2.30 bits per heavy atom. The van der Waals surface area contributed by atoms with E-state index >= 15 is 0 Å².